The van der Waals surface area contributed by atoms with Gasteiger partial charge in [0.05, 0.1) is 12.3 Å². The summed E-state index contributed by atoms with van der Waals surface area (Å²) >= 11 is 0. The lowest BCUT2D eigenvalue weighted by molar-refractivity contribution is -0.156. The summed E-state index contributed by atoms with van der Waals surface area (Å²) < 4.78 is 5.18. The molecule has 1 saturated heterocycles. The van der Waals surface area contributed by atoms with Crippen LogP contribution in [-0.2, 0) is 19.1 Å². The maximum atomic E-state index is 12.1. The van der Waals surface area contributed by atoms with Crippen LogP contribution in [0.5, 0.6) is 0 Å². The van der Waals surface area contributed by atoms with Crippen molar-refractivity contribution in [3.63, 3.8) is 0 Å². The zero-order valence-corrected chi connectivity index (χ0v) is 13.4. The zero-order valence-electron chi connectivity index (χ0n) is 13.4. The summed E-state index contributed by atoms with van der Waals surface area (Å²) in [6.07, 6.45) is 1.83. The molecular weight excluding hydrogens is 272 g/mol. The number of nitrogens with zero attached hydrogens (tertiary/aromatic N) is 1. The molecular formula is C15H26N2O4. The molecule has 1 fully saturated rings. The van der Waals surface area contributed by atoms with Gasteiger partial charge in [0.25, 0.3) is 0 Å². The molecule has 0 aromatic heterocycles. The van der Waals surface area contributed by atoms with Gasteiger partial charge in [0, 0.05) is 26.6 Å². The monoisotopic (exact) mass is 298 g/mol. The van der Waals surface area contributed by atoms with Gasteiger partial charge in [0.2, 0.25) is 11.8 Å². The molecule has 0 aromatic rings. The van der Waals surface area contributed by atoms with Crippen molar-refractivity contribution in [1.29, 1.82) is 0 Å². The summed E-state index contributed by atoms with van der Waals surface area (Å²) in [6, 6.07) is 0. The Hall–Kier alpha value is -1.59. The number of esters is 1. The van der Waals surface area contributed by atoms with E-state index in [9.17, 15) is 14.4 Å². The Morgan fingerprint density at radius 2 is 1.90 bits per heavy atom. The fourth-order valence-electron chi connectivity index (χ4n) is 2.38. The van der Waals surface area contributed by atoms with E-state index in [4.69, 9.17) is 4.74 Å². The van der Waals surface area contributed by atoms with Gasteiger partial charge < -0.3 is 15.0 Å². The van der Waals surface area contributed by atoms with Gasteiger partial charge in [0.15, 0.2) is 0 Å². The average molecular weight is 298 g/mol. The quantitative estimate of drug-likeness (QED) is 0.788. The zero-order chi connectivity index (χ0) is 16.0. The van der Waals surface area contributed by atoms with Crippen LogP contribution in [0.4, 0.5) is 0 Å². The van der Waals surface area contributed by atoms with Crippen LogP contribution < -0.4 is 5.32 Å². The Morgan fingerprint density at radius 1 is 1.24 bits per heavy atom. The molecule has 6 heteroatoms. The third-order valence-corrected chi connectivity index (χ3v) is 3.35. The number of nitrogens with one attached hydrogen (secondary N) is 1. The van der Waals surface area contributed by atoms with Crippen molar-refractivity contribution in [2.75, 3.05) is 20.1 Å². The highest BCUT2D eigenvalue weighted by Crippen LogP contribution is 2.18. The minimum absolute atomic E-state index is 0.0281. The molecule has 6 nitrogen and oxygen atoms in total. The Kier molecular flexibility index (Phi) is 6.18. The lowest BCUT2D eigenvalue weighted by Gasteiger charge is -2.32. The SMILES string of the molecule is CNC(=O)C1CCCN(C(=O)CCC(=O)OC(C)(C)C)C1. The Balaban J connectivity index is 2.41. The number of carbonyl (C=O) groups excluding carboxylic acids is 3. The van der Waals surface area contributed by atoms with Gasteiger partial charge >= 0.3 is 5.97 Å². The third kappa shape index (κ3) is 6.14. The van der Waals surface area contributed by atoms with E-state index in [0.717, 1.165) is 12.8 Å². The molecule has 1 aliphatic heterocycles. The fraction of sp³-hybridized carbons (Fsp3) is 0.800. The number of piperidine rings is 1. The van der Waals surface area contributed by atoms with Crippen LogP contribution in [0.15, 0.2) is 0 Å². The molecule has 21 heavy (non-hydrogen) atoms. The summed E-state index contributed by atoms with van der Waals surface area (Å²) in [4.78, 5) is 37.0. The predicted octanol–water partition coefficient (Wildman–Crippen LogP) is 1.09. The van der Waals surface area contributed by atoms with Gasteiger partial charge in [-0.2, -0.15) is 0 Å². The Bertz CT molecular complexity index is 401. The number of amides is 2. The molecule has 120 valence electrons. The standard InChI is InChI=1S/C15H26N2O4/c1-15(2,3)21-13(19)8-7-12(18)17-9-5-6-11(10-17)14(20)16-4/h11H,5-10H2,1-4H3,(H,16,20). The molecule has 0 aromatic carbocycles. The second-order valence-electron chi connectivity index (χ2n) is 6.38. The van der Waals surface area contributed by atoms with Gasteiger partial charge in [-0.3, -0.25) is 14.4 Å². The van der Waals surface area contributed by atoms with Crippen LogP contribution >= 0.6 is 0 Å². The van der Waals surface area contributed by atoms with Crippen LogP contribution in [0.3, 0.4) is 0 Å². The molecule has 1 atom stereocenters. The molecule has 0 radical (unpaired) electrons. The van der Waals surface area contributed by atoms with E-state index in [0.29, 0.717) is 13.1 Å². The van der Waals surface area contributed by atoms with Crippen molar-refractivity contribution in [3.05, 3.63) is 0 Å². The molecule has 0 saturated carbocycles. The van der Waals surface area contributed by atoms with E-state index in [1.54, 1.807) is 32.7 Å². The van der Waals surface area contributed by atoms with Crippen LogP contribution in [0.25, 0.3) is 0 Å². The highest BCUT2D eigenvalue weighted by atomic mass is 16.6. The molecule has 1 N–H and O–H groups in total. The van der Waals surface area contributed by atoms with E-state index in [2.05, 4.69) is 5.32 Å². The number of hydrogen-bond donors (Lipinski definition) is 1. The molecule has 2 amide bonds. The van der Waals surface area contributed by atoms with Gasteiger partial charge in [-0.15, -0.1) is 0 Å². The summed E-state index contributed by atoms with van der Waals surface area (Å²) in [6.45, 7) is 6.48. The van der Waals surface area contributed by atoms with E-state index in [1.807, 2.05) is 0 Å². The van der Waals surface area contributed by atoms with Crippen molar-refractivity contribution in [3.8, 4) is 0 Å². The largest absolute Gasteiger partial charge is 0.460 e. The minimum Gasteiger partial charge on any atom is -0.460 e. The highest BCUT2D eigenvalue weighted by Gasteiger charge is 2.28. The Labute approximate surface area is 126 Å². The van der Waals surface area contributed by atoms with Crippen LogP contribution in [0.2, 0.25) is 0 Å². The number of ether oxygens (including phenoxy) is 1. The number of carbonyl (C=O) groups is 3. The highest BCUT2D eigenvalue weighted by molar-refractivity contribution is 5.83. The molecule has 0 spiro atoms. The maximum absolute atomic E-state index is 12.1. The van der Waals surface area contributed by atoms with Crippen LogP contribution in [0, 0.1) is 5.92 Å². The number of likely N-dealkylation sites (tertiary alicyclic amines) is 1. The maximum Gasteiger partial charge on any atom is 0.306 e. The van der Waals surface area contributed by atoms with Crippen molar-refractivity contribution < 1.29 is 19.1 Å². The molecule has 1 aliphatic rings. The lowest BCUT2D eigenvalue weighted by atomic mass is 9.97. The van der Waals surface area contributed by atoms with Gasteiger partial charge in [0.1, 0.15) is 5.60 Å². The lowest BCUT2D eigenvalue weighted by Crippen LogP contribution is -2.44. The third-order valence-electron chi connectivity index (χ3n) is 3.35. The molecule has 1 heterocycles. The van der Waals surface area contributed by atoms with E-state index >= 15 is 0 Å². The first-order valence-electron chi connectivity index (χ1n) is 7.44. The first-order chi connectivity index (χ1) is 9.73. The summed E-state index contributed by atoms with van der Waals surface area (Å²) in [5, 5.41) is 2.62. The van der Waals surface area contributed by atoms with Gasteiger partial charge in [-0.05, 0) is 33.6 Å². The number of rotatable bonds is 4. The topological polar surface area (TPSA) is 75.7 Å². The predicted molar refractivity (Wildman–Crippen MR) is 78.4 cm³/mol. The molecule has 0 aliphatic carbocycles. The van der Waals surface area contributed by atoms with Crippen molar-refractivity contribution in [1.82, 2.24) is 10.2 Å². The summed E-state index contributed by atoms with van der Waals surface area (Å²) in [5.41, 5.74) is -0.532. The second-order valence-corrected chi connectivity index (χ2v) is 6.38. The van der Waals surface area contributed by atoms with Crippen LogP contribution in [-0.4, -0.2) is 48.4 Å². The van der Waals surface area contributed by atoms with E-state index < -0.39 is 5.60 Å². The fourth-order valence-corrected chi connectivity index (χ4v) is 2.38. The molecule has 1 rings (SSSR count). The average Bonchev–Trinajstić information content (AvgIpc) is 2.42. The number of hydrogen-bond acceptors (Lipinski definition) is 4. The van der Waals surface area contributed by atoms with Crippen molar-refractivity contribution in [2.45, 2.75) is 52.1 Å². The molecule has 0 bridgehead atoms. The first kappa shape index (κ1) is 17.5. The van der Waals surface area contributed by atoms with E-state index in [1.165, 1.54) is 0 Å². The van der Waals surface area contributed by atoms with Crippen molar-refractivity contribution in [2.24, 2.45) is 5.92 Å². The van der Waals surface area contributed by atoms with Crippen LogP contribution in [0.1, 0.15) is 46.5 Å². The first-order valence-corrected chi connectivity index (χ1v) is 7.44. The Morgan fingerprint density at radius 3 is 2.48 bits per heavy atom. The summed E-state index contributed by atoms with van der Waals surface area (Å²) in [7, 11) is 1.60. The van der Waals surface area contributed by atoms with E-state index in [-0.39, 0.29) is 36.5 Å². The smallest absolute Gasteiger partial charge is 0.306 e. The molecule has 1 unspecified atom stereocenters. The van der Waals surface area contributed by atoms with Crippen molar-refractivity contribution >= 4 is 17.8 Å². The van der Waals surface area contributed by atoms with Gasteiger partial charge in [-0.1, -0.05) is 0 Å². The second kappa shape index (κ2) is 7.43. The van der Waals surface area contributed by atoms with Gasteiger partial charge in [-0.25, -0.2) is 0 Å². The summed E-state index contributed by atoms with van der Waals surface area (Å²) in [5.74, 6) is -0.626. The minimum atomic E-state index is -0.532. The normalized spacial score (nSPS) is 19.0.